The van der Waals surface area contributed by atoms with E-state index in [-0.39, 0.29) is 5.82 Å². The Balaban J connectivity index is 2.08. The van der Waals surface area contributed by atoms with Gasteiger partial charge in [0.25, 0.3) is 0 Å². The molecule has 1 aliphatic heterocycles. The van der Waals surface area contributed by atoms with Crippen LogP contribution in [0.3, 0.4) is 0 Å². The minimum atomic E-state index is -0.257. The highest BCUT2D eigenvalue weighted by molar-refractivity contribution is 5.41. The molecule has 1 heterocycles. The maximum absolute atomic E-state index is 13.0. The van der Waals surface area contributed by atoms with E-state index in [9.17, 15) is 4.39 Å². The average Bonchev–Trinajstić information content (AvgIpc) is 2.54. The normalized spacial score (nSPS) is 16.4. The topological polar surface area (TPSA) is 29.3 Å². The van der Waals surface area contributed by atoms with Crippen LogP contribution in [-0.4, -0.2) is 18.0 Å². The van der Waals surface area contributed by atoms with Gasteiger partial charge in [0.2, 0.25) is 0 Å². The number of hydrogen-bond donors (Lipinski definition) is 1. The smallest absolute Gasteiger partial charge is 0.125 e. The standard InChI is InChI=1S/C11H13FN2/c12-10-5-9(6-11(13)7-10)8-14-3-1-2-4-14/h1-2,5-7H,3-4,8,13H2. The summed E-state index contributed by atoms with van der Waals surface area (Å²) in [6.07, 6.45) is 4.23. The lowest BCUT2D eigenvalue weighted by atomic mass is 10.2. The summed E-state index contributed by atoms with van der Waals surface area (Å²) in [6.45, 7) is 2.64. The number of nitrogens with zero attached hydrogens (tertiary/aromatic N) is 1. The molecule has 0 aromatic heterocycles. The quantitative estimate of drug-likeness (QED) is 0.571. The van der Waals surface area contributed by atoms with Gasteiger partial charge in [0.1, 0.15) is 5.82 Å². The number of benzene rings is 1. The molecule has 0 amide bonds. The van der Waals surface area contributed by atoms with Crippen LogP contribution in [0, 0.1) is 5.82 Å². The predicted octanol–water partition coefficient (Wildman–Crippen LogP) is 1.78. The summed E-state index contributed by atoms with van der Waals surface area (Å²) in [5.74, 6) is -0.257. The van der Waals surface area contributed by atoms with Crippen LogP contribution >= 0.6 is 0 Å². The molecule has 0 unspecified atom stereocenters. The Morgan fingerprint density at radius 1 is 1.21 bits per heavy atom. The first-order valence-corrected chi connectivity index (χ1v) is 4.66. The molecule has 0 atom stereocenters. The van der Waals surface area contributed by atoms with Crippen molar-refractivity contribution in [3.05, 3.63) is 41.7 Å². The minimum Gasteiger partial charge on any atom is -0.399 e. The highest BCUT2D eigenvalue weighted by Gasteiger charge is 2.07. The van der Waals surface area contributed by atoms with Gasteiger partial charge in [0.15, 0.2) is 0 Å². The van der Waals surface area contributed by atoms with Crippen LogP contribution in [0.2, 0.25) is 0 Å². The van der Waals surface area contributed by atoms with Crippen LogP contribution in [0.25, 0.3) is 0 Å². The second kappa shape index (κ2) is 3.80. The van der Waals surface area contributed by atoms with Gasteiger partial charge in [-0.3, -0.25) is 4.90 Å². The van der Waals surface area contributed by atoms with E-state index in [4.69, 9.17) is 5.73 Å². The lowest BCUT2D eigenvalue weighted by molar-refractivity contribution is 0.345. The average molecular weight is 192 g/mol. The van der Waals surface area contributed by atoms with E-state index in [1.807, 2.05) is 6.07 Å². The van der Waals surface area contributed by atoms with Crippen LogP contribution in [-0.2, 0) is 6.54 Å². The zero-order chi connectivity index (χ0) is 9.97. The summed E-state index contributed by atoms with van der Waals surface area (Å²) in [7, 11) is 0. The van der Waals surface area contributed by atoms with Crippen molar-refractivity contribution < 1.29 is 4.39 Å². The molecule has 0 saturated heterocycles. The fourth-order valence-corrected chi connectivity index (χ4v) is 1.68. The van der Waals surface area contributed by atoms with Gasteiger partial charge in [-0.25, -0.2) is 4.39 Å². The van der Waals surface area contributed by atoms with Crippen LogP contribution in [0.5, 0.6) is 0 Å². The first-order chi connectivity index (χ1) is 6.74. The Hall–Kier alpha value is -1.35. The lowest BCUT2D eigenvalue weighted by Gasteiger charge is -2.14. The van der Waals surface area contributed by atoms with Gasteiger partial charge in [0.05, 0.1) is 0 Å². The monoisotopic (exact) mass is 192 g/mol. The molecule has 1 aromatic carbocycles. The molecule has 2 rings (SSSR count). The molecule has 0 saturated carbocycles. The number of halogens is 1. The molecule has 0 aliphatic carbocycles. The summed E-state index contributed by atoms with van der Waals surface area (Å²) >= 11 is 0. The van der Waals surface area contributed by atoms with Crippen molar-refractivity contribution in [1.29, 1.82) is 0 Å². The third-order valence-corrected chi connectivity index (χ3v) is 2.28. The van der Waals surface area contributed by atoms with Crippen LogP contribution < -0.4 is 5.73 Å². The molecular formula is C11H13FN2. The van der Waals surface area contributed by atoms with E-state index in [0.717, 1.165) is 25.2 Å². The third-order valence-electron chi connectivity index (χ3n) is 2.28. The second-order valence-corrected chi connectivity index (χ2v) is 3.56. The molecule has 0 spiro atoms. The maximum atomic E-state index is 13.0. The van der Waals surface area contributed by atoms with Gasteiger partial charge < -0.3 is 5.73 Å². The summed E-state index contributed by atoms with van der Waals surface area (Å²) in [4.78, 5) is 2.22. The van der Waals surface area contributed by atoms with Gasteiger partial charge in [-0.2, -0.15) is 0 Å². The predicted molar refractivity (Wildman–Crippen MR) is 55.2 cm³/mol. The van der Waals surface area contributed by atoms with Crippen molar-refractivity contribution in [2.45, 2.75) is 6.54 Å². The fraction of sp³-hybridized carbons (Fsp3) is 0.273. The Kier molecular flexibility index (Phi) is 2.50. The molecule has 3 heteroatoms. The molecule has 2 nitrogen and oxygen atoms in total. The van der Waals surface area contributed by atoms with Crippen LogP contribution in [0.4, 0.5) is 10.1 Å². The van der Waals surface area contributed by atoms with Crippen molar-refractivity contribution >= 4 is 5.69 Å². The lowest BCUT2D eigenvalue weighted by Crippen LogP contribution is -2.19. The first-order valence-electron chi connectivity index (χ1n) is 4.66. The summed E-state index contributed by atoms with van der Waals surface area (Å²) in [5, 5.41) is 0. The number of nitrogen functional groups attached to an aromatic ring is 1. The van der Waals surface area contributed by atoms with Crippen molar-refractivity contribution in [3.8, 4) is 0 Å². The van der Waals surface area contributed by atoms with E-state index in [0.29, 0.717) is 5.69 Å². The Bertz CT molecular complexity index is 332. The van der Waals surface area contributed by atoms with E-state index in [2.05, 4.69) is 17.1 Å². The van der Waals surface area contributed by atoms with Crippen LogP contribution in [0.15, 0.2) is 30.4 Å². The number of rotatable bonds is 2. The van der Waals surface area contributed by atoms with Crippen molar-refractivity contribution in [3.63, 3.8) is 0 Å². The fourth-order valence-electron chi connectivity index (χ4n) is 1.68. The van der Waals surface area contributed by atoms with Gasteiger partial charge in [-0.15, -0.1) is 0 Å². The van der Waals surface area contributed by atoms with Gasteiger partial charge >= 0.3 is 0 Å². The molecule has 2 N–H and O–H groups in total. The van der Waals surface area contributed by atoms with Gasteiger partial charge in [-0.1, -0.05) is 12.2 Å². The number of hydrogen-bond acceptors (Lipinski definition) is 2. The number of nitrogens with two attached hydrogens (primary N) is 1. The highest BCUT2D eigenvalue weighted by Crippen LogP contribution is 2.14. The molecular weight excluding hydrogens is 179 g/mol. The molecule has 0 fully saturated rings. The second-order valence-electron chi connectivity index (χ2n) is 3.56. The van der Waals surface area contributed by atoms with E-state index in [1.54, 1.807) is 0 Å². The molecule has 74 valence electrons. The highest BCUT2D eigenvalue weighted by atomic mass is 19.1. The first kappa shape index (κ1) is 9.21. The van der Waals surface area contributed by atoms with E-state index >= 15 is 0 Å². The van der Waals surface area contributed by atoms with Crippen molar-refractivity contribution in [2.75, 3.05) is 18.8 Å². The molecule has 0 bridgehead atoms. The number of anilines is 1. The Morgan fingerprint density at radius 3 is 2.57 bits per heavy atom. The van der Waals surface area contributed by atoms with Gasteiger partial charge in [0, 0.05) is 25.3 Å². The zero-order valence-electron chi connectivity index (χ0n) is 7.91. The summed E-state index contributed by atoms with van der Waals surface area (Å²) in [6, 6.07) is 4.70. The molecule has 0 radical (unpaired) electrons. The Morgan fingerprint density at radius 2 is 1.93 bits per heavy atom. The molecule has 1 aliphatic rings. The summed E-state index contributed by atoms with van der Waals surface area (Å²) in [5.41, 5.74) is 6.99. The third kappa shape index (κ3) is 2.12. The van der Waals surface area contributed by atoms with Crippen molar-refractivity contribution in [2.24, 2.45) is 0 Å². The van der Waals surface area contributed by atoms with E-state index < -0.39 is 0 Å². The maximum Gasteiger partial charge on any atom is 0.125 e. The van der Waals surface area contributed by atoms with Crippen LogP contribution in [0.1, 0.15) is 5.56 Å². The largest absolute Gasteiger partial charge is 0.399 e. The molecule has 1 aromatic rings. The van der Waals surface area contributed by atoms with E-state index in [1.165, 1.54) is 12.1 Å². The summed E-state index contributed by atoms with van der Waals surface area (Å²) < 4.78 is 13.0. The minimum absolute atomic E-state index is 0.257. The molecule has 14 heavy (non-hydrogen) atoms. The Labute approximate surface area is 82.8 Å². The SMILES string of the molecule is Nc1cc(F)cc(CN2CC=CC2)c1. The van der Waals surface area contributed by atoms with Crippen molar-refractivity contribution in [1.82, 2.24) is 4.90 Å². The van der Waals surface area contributed by atoms with Gasteiger partial charge in [-0.05, 0) is 23.8 Å². The zero-order valence-corrected chi connectivity index (χ0v) is 7.91.